The molecule has 0 N–H and O–H groups in total. The third kappa shape index (κ3) is 5.93. The molecule has 0 bridgehead atoms. The number of ketones is 1. The van der Waals surface area contributed by atoms with E-state index in [4.69, 9.17) is 4.74 Å². The Morgan fingerprint density at radius 2 is 1.87 bits per heavy atom. The first-order chi connectivity index (χ1) is 10.6. The predicted octanol–water partition coefficient (Wildman–Crippen LogP) is 4.00. The van der Waals surface area contributed by atoms with Crippen LogP contribution in [0.1, 0.15) is 6.92 Å². The van der Waals surface area contributed by atoms with E-state index in [2.05, 4.69) is 4.74 Å². The van der Waals surface area contributed by atoms with Gasteiger partial charge in [0.2, 0.25) is 12.0 Å². The maximum Gasteiger partial charge on any atom is 0.454 e. The number of carbonyl (C=O) groups is 1. The van der Waals surface area contributed by atoms with Crippen molar-refractivity contribution in [2.75, 3.05) is 6.61 Å². The number of rotatable bonds is 5. The van der Waals surface area contributed by atoms with Crippen LogP contribution in [0.3, 0.4) is 0 Å². The minimum atomic E-state index is -4.98. The van der Waals surface area contributed by atoms with Gasteiger partial charge in [0, 0.05) is 12.2 Å². The van der Waals surface area contributed by atoms with Gasteiger partial charge in [0.25, 0.3) is 5.78 Å². The molecule has 0 saturated heterocycles. The number of hydrogen-bond acceptors (Lipinski definition) is 3. The number of ether oxygens (including phenoxy) is 2. The van der Waals surface area contributed by atoms with Crippen molar-refractivity contribution in [3.05, 3.63) is 47.8 Å². The van der Waals surface area contributed by atoms with E-state index in [-0.39, 0.29) is 12.2 Å². The van der Waals surface area contributed by atoms with Crippen LogP contribution in [-0.2, 0) is 14.3 Å². The Morgan fingerprint density at radius 1 is 1.22 bits per heavy atom. The molecule has 0 saturated carbocycles. The monoisotopic (exact) mass is 342 g/mol. The molecule has 3 nitrogen and oxygen atoms in total. The normalized spacial score (nSPS) is 19.7. The lowest BCUT2D eigenvalue weighted by atomic mass is 10.1. The van der Waals surface area contributed by atoms with Crippen LogP contribution in [0.15, 0.2) is 47.8 Å². The summed E-state index contributed by atoms with van der Waals surface area (Å²) >= 11 is 0. The summed E-state index contributed by atoms with van der Waals surface area (Å²) in [5, 5.41) is 0. The molecule has 9 heteroatoms. The Balaban J connectivity index is 2.85. The maximum absolute atomic E-state index is 12.5. The summed E-state index contributed by atoms with van der Waals surface area (Å²) in [5.74, 6) is -3.28. The van der Waals surface area contributed by atoms with Crippen molar-refractivity contribution in [3.63, 3.8) is 0 Å². The summed E-state index contributed by atoms with van der Waals surface area (Å²) < 4.78 is 83.1. The number of halogens is 6. The van der Waals surface area contributed by atoms with Crippen LogP contribution in [0.4, 0.5) is 26.3 Å². The second-order valence-corrected chi connectivity index (χ2v) is 4.18. The second-order valence-electron chi connectivity index (χ2n) is 4.18. The lowest BCUT2D eigenvalue weighted by molar-refractivity contribution is -0.174. The molecule has 1 aliphatic rings. The molecule has 0 aromatic heterocycles. The van der Waals surface area contributed by atoms with Gasteiger partial charge in [-0.05, 0) is 25.2 Å². The largest absolute Gasteiger partial charge is 0.455 e. The van der Waals surface area contributed by atoms with Crippen LogP contribution in [-0.4, -0.2) is 31.0 Å². The average molecular weight is 342 g/mol. The third-order valence-corrected chi connectivity index (χ3v) is 2.46. The van der Waals surface area contributed by atoms with Crippen LogP contribution in [0.5, 0.6) is 0 Å². The minimum Gasteiger partial charge on any atom is -0.455 e. The molecule has 0 aromatic carbocycles. The maximum atomic E-state index is 12.5. The Bertz CT molecular complexity index is 552. The van der Waals surface area contributed by atoms with Gasteiger partial charge in [-0.1, -0.05) is 18.2 Å². The van der Waals surface area contributed by atoms with Crippen molar-refractivity contribution in [1.82, 2.24) is 0 Å². The molecule has 0 aromatic rings. The lowest BCUT2D eigenvalue weighted by Crippen LogP contribution is -2.27. The first kappa shape index (κ1) is 19.0. The first-order valence-corrected chi connectivity index (χ1v) is 6.29. The highest BCUT2D eigenvalue weighted by Gasteiger charge is 2.39. The molecule has 1 rings (SSSR count). The summed E-state index contributed by atoms with van der Waals surface area (Å²) in [4.78, 5) is 10.6. The topological polar surface area (TPSA) is 35.5 Å². The van der Waals surface area contributed by atoms with E-state index in [0.717, 1.165) is 18.2 Å². The Labute approximate surface area is 127 Å². The molecule has 23 heavy (non-hydrogen) atoms. The third-order valence-electron chi connectivity index (χ3n) is 2.46. The van der Waals surface area contributed by atoms with Crippen LogP contribution < -0.4 is 0 Å². The van der Waals surface area contributed by atoms with Crippen molar-refractivity contribution >= 4 is 5.78 Å². The van der Waals surface area contributed by atoms with Crippen LogP contribution in [0.2, 0.25) is 0 Å². The minimum absolute atomic E-state index is 0.0589. The molecule has 1 heterocycles. The van der Waals surface area contributed by atoms with E-state index in [1.165, 1.54) is 13.0 Å². The first-order valence-electron chi connectivity index (χ1n) is 6.29. The molecule has 1 aliphatic heterocycles. The van der Waals surface area contributed by atoms with Gasteiger partial charge in [0.1, 0.15) is 0 Å². The molecule has 0 aliphatic carbocycles. The highest BCUT2D eigenvalue weighted by Crippen LogP contribution is 2.32. The molecular formula is C14H12F6O3. The fraction of sp³-hybridized carbons (Fsp3) is 0.357. The molecule has 0 radical (unpaired) electrons. The van der Waals surface area contributed by atoms with Crippen LogP contribution >= 0.6 is 0 Å². The fourth-order valence-corrected chi connectivity index (χ4v) is 1.45. The fourth-order valence-electron chi connectivity index (χ4n) is 1.45. The Hall–Kier alpha value is -2.03. The van der Waals surface area contributed by atoms with E-state index in [9.17, 15) is 31.1 Å². The lowest BCUT2D eigenvalue weighted by Gasteiger charge is -2.25. The van der Waals surface area contributed by atoms with Gasteiger partial charge in [-0.25, -0.2) is 0 Å². The smallest absolute Gasteiger partial charge is 0.454 e. The Kier molecular flexibility index (Phi) is 6.20. The van der Waals surface area contributed by atoms with Gasteiger partial charge in [-0.2, -0.15) is 26.3 Å². The van der Waals surface area contributed by atoms with Crippen molar-refractivity contribution in [3.8, 4) is 0 Å². The standard InChI is InChI=1S/C14H12F6O3/c1-2-22-12-9(7-8-11(23-12)14(18,19)20)5-3-4-6-10(21)13(15,16)17/h3-8,12H,2H2,1H3/b5-3+,6-4+. The van der Waals surface area contributed by atoms with Gasteiger partial charge in [0.05, 0.1) is 0 Å². The molecule has 0 spiro atoms. The van der Waals surface area contributed by atoms with Gasteiger partial charge in [-0.3, -0.25) is 4.79 Å². The van der Waals surface area contributed by atoms with Crippen LogP contribution in [0.25, 0.3) is 0 Å². The predicted molar refractivity (Wildman–Crippen MR) is 68.1 cm³/mol. The van der Waals surface area contributed by atoms with E-state index >= 15 is 0 Å². The molecule has 128 valence electrons. The molecule has 0 fully saturated rings. The summed E-state index contributed by atoms with van der Waals surface area (Å²) in [6.45, 7) is 1.60. The van der Waals surface area contributed by atoms with Crippen molar-refractivity contribution < 1.29 is 40.6 Å². The van der Waals surface area contributed by atoms with E-state index in [1.807, 2.05) is 0 Å². The number of carbonyl (C=O) groups excluding carboxylic acids is 1. The zero-order valence-electron chi connectivity index (χ0n) is 11.7. The van der Waals surface area contributed by atoms with Gasteiger partial charge in [0.15, 0.2) is 0 Å². The molecule has 0 amide bonds. The second kappa shape index (κ2) is 7.49. The van der Waals surface area contributed by atoms with E-state index in [0.29, 0.717) is 12.2 Å². The molecular weight excluding hydrogens is 330 g/mol. The zero-order chi connectivity index (χ0) is 17.7. The van der Waals surface area contributed by atoms with Crippen molar-refractivity contribution in [1.29, 1.82) is 0 Å². The zero-order valence-corrected chi connectivity index (χ0v) is 11.7. The SMILES string of the molecule is CCOC1OC(C(F)(F)F)=CC=C1/C=C/C=C/C(=O)C(F)(F)F. The summed E-state index contributed by atoms with van der Waals surface area (Å²) in [7, 11) is 0. The van der Waals surface area contributed by atoms with E-state index in [1.54, 1.807) is 0 Å². The summed E-state index contributed by atoms with van der Waals surface area (Å²) in [6.07, 6.45) is -5.88. The highest BCUT2D eigenvalue weighted by molar-refractivity contribution is 5.94. The van der Waals surface area contributed by atoms with Gasteiger partial charge >= 0.3 is 12.4 Å². The molecule has 1 unspecified atom stereocenters. The Morgan fingerprint density at radius 3 is 2.39 bits per heavy atom. The van der Waals surface area contributed by atoms with Gasteiger partial charge in [-0.15, -0.1) is 0 Å². The van der Waals surface area contributed by atoms with Crippen molar-refractivity contribution in [2.45, 2.75) is 25.6 Å². The number of alkyl halides is 6. The van der Waals surface area contributed by atoms with Crippen LogP contribution in [0, 0.1) is 0 Å². The summed E-state index contributed by atoms with van der Waals surface area (Å²) in [6, 6.07) is 0. The quantitative estimate of drug-likeness (QED) is 0.430. The number of hydrogen-bond donors (Lipinski definition) is 0. The molecule has 1 atom stereocenters. The highest BCUT2D eigenvalue weighted by atomic mass is 19.4. The van der Waals surface area contributed by atoms with E-state index < -0.39 is 30.2 Å². The summed E-state index contributed by atoms with van der Waals surface area (Å²) in [5.41, 5.74) is 0.156. The average Bonchev–Trinajstić information content (AvgIpc) is 2.42. The van der Waals surface area contributed by atoms with Gasteiger partial charge < -0.3 is 9.47 Å². The van der Waals surface area contributed by atoms with Crippen molar-refractivity contribution in [2.24, 2.45) is 0 Å². The number of allylic oxidation sites excluding steroid dienone is 6.